The number of fused-ring (bicyclic) bond motifs is 2. The predicted octanol–water partition coefficient (Wildman–Crippen LogP) is 3.38. The van der Waals surface area contributed by atoms with E-state index in [1.165, 1.54) is 13.1 Å². The molecule has 142 valence electrons. The minimum atomic E-state index is -4.02. The number of hydrogen-bond acceptors (Lipinski definition) is 4. The molecule has 1 unspecified atom stereocenters. The van der Waals surface area contributed by atoms with Crippen molar-refractivity contribution in [1.29, 1.82) is 0 Å². The average molecular weight is 415 g/mol. The molecule has 3 aromatic rings. The first kappa shape index (κ1) is 18.5. The van der Waals surface area contributed by atoms with Gasteiger partial charge >= 0.3 is 0 Å². The van der Waals surface area contributed by atoms with Gasteiger partial charge in [0.25, 0.3) is 15.9 Å². The summed E-state index contributed by atoms with van der Waals surface area (Å²) in [5, 5.41) is 4.64. The molecule has 0 aromatic heterocycles. The van der Waals surface area contributed by atoms with Gasteiger partial charge in [0, 0.05) is 17.8 Å². The summed E-state index contributed by atoms with van der Waals surface area (Å²) < 4.78 is 26.2. The Morgan fingerprint density at radius 3 is 2.29 bits per heavy atom. The fourth-order valence-electron chi connectivity index (χ4n) is 3.27. The highest BCUT2D eigenvalue weighted by molar-refractivity contribution is 7.89. The zero-order chi connectivity index (χ0) is 20.1. The van der Waals surface area contributed by atoms with Crippen molar-refractivity contribution in [2.75, 3.05) is 12.4 Å². The first-order valence-corrected chi connectivity index (χ1v) is 10.2. The smallest absolute Gasteiger partial charge is 0.266 e. The molecule has 0 radical (unpaired) electrons. The van der Waals surface area contributed by atoms with E-state index in [4.69, 9.17) is 11.6 Å². The zero-order valence-corrected chi connectivity index (χ0v) is 16.3. The van der Waals surface area contributed by atoms with Gasteiger partial charge in [-0.1, -0.05) is 35.9 Å². The molecule has 1 aliphatic heterocycles. The topological polar surface area (TPSA) is 83.6 Å². The molecule has 0 aliphatic carbocycles. The van der Waals surface area contributed by atoms with Gasteiger partial charge in [-0.3, -0.25) is 9.59 Å². The van der Waals surface area contributed by atoms with E-state index in [-0.39, 0.29) is 10.5 Å². The fraction of sp³-hybridized carbons (Fsp3) is 0.100. The molecule has 0 fully saturated rings. The second-order valence-corrected chi connectivity index (χ2v) is 8.85. The van der Waals surface area contributed by atoms with Crippen LogP contribution in [0.4, 0.5) is 5.69 Å². The quantitative estimate of drug-likeness (QED) is 0.651. The van der Waals surface area contributed by atoms with E-state index in [0.717, 1.165) is 5.39 Å². The Bertz CT molecular complexity index is 1220. The number of nitrogens with zero attached hydrogens (tertiary/aromatic N) is 1. The number of sulfonamides is 1. The van der Waals surface area contributed by atoms with E-state index in [0.29, 0.717) is 20.4 Å². The summed E-state index contributed by atoms with van der Waals surface area (Å²) in [4.78, 5) is 25.7. The van der Waals surface area contributed by atoms with Crippen LogP contribution in [0.1, 0.15) is 11.5 Å². The molecule has 2 amide bonds. The molecule has 28 heavy (non-hydrogen) atoms. The number of nitrogens with one attached hydrogen (secondary N) is 1. The van der Waals surface area contributed by atoms with Gasteiger partial charge < -0.3 is 5.32 Å². The van der Waals surface area contributed by atoms with Crippen molar-refractivity contribution >= 4 is 49.9 Å². The Hall–Kier alpha value is -2.90. The lowest BCUT2D eigenvalue weighted by Gasteiger charge is -2.30. The zero-order valence-electron chi connectivity index (χ0n) is 14.7. The second-order valence-electron chi connectivity index (χ2n) is 6.48. The molecule has 1 N–H and O–H groups in total. The lowest BCUT2D eigenvalue weighted by atomic mass is 9.94. The maximum Gasteiger partial charge on any atom is 0.266 e. The molecular formula is C20H15ClN2O4S. The average Bonchev–Trinajstić information content (AvgIpc) is 2.67. The van der Waals surface area contributed by atoms with Gasteiger partial charge in [-0.2, -0.15) is 0 Å². The van der Waals surface area contributed by atoms with Crippen LogP contribution in [-0.2, 0) is 19.6 Å². The first-order chi connectivity index (χ1) is 13.3. The summed E-state index contributed by atoms with van der Waals surface area (Å²) >= 11 is 5.85. The van der Waals surface area contributed by atoms with Crippen molar-refractivity contribution in [2.24, 2.45) is 0 Å². The van der Waals surface area contributed by atoms with E-state index in [9.17, 15) is 18.0 Å². The number of halogens is 1. The number of likely N-dealkylation sites (N-methyl/N-ethyl adjacent to an activating group) is 1. The molecule has 4 rings (SSSR count). The monoisotopic (exact) mass is 414 g/mol. The van der Waals surface area contributed by atoms with Crippen LogP contribution in [0.2, 0.25) is 5.02 Å². The number of hydrogen-bond donors (Lipinski definition) is 1. The first-order valence-electron chi connectivity index (χ1n) is 8.41. The number of rotatable bonds is 2. The molecule has 8 heteroatoms. The van der Waals surface area contributed by atoms with Crippen molar-refractivity contribution in [2.45, 2.75) is 10.8 Å². The summed E-state index contributed by atoms with van der Waals surface area (Å²) in [7, 11) is -2.85. The number of benzene rings is 3. The highest BCUT2D eigenvalue weighted by Gasteiger charge is 2.44. The lowest BCUT2D eigenvalue weighted by Crippen LogP contribution is -2.45. The third-order valence-electron chi connectivity index (χ3n) is 4.76. The van der Waals surface area contributed by atoms with Crippen LogP contribution < -0.4 is 5.32 Å². The van der Waals surface area contributed by atoms with Gasteiger partial charge in [0.15, 0.2) is 0 Å². The Morgan fingerprint density at radius 2 is 1.64 bits per heavy atom. The Kier molecular flexibility index (Phi) is 4.36. The van der Waals surface area contributed by atoms with E-state index < -0.39 is 27.8 Å². The van der Waals surface area contributed by atoms with Gasteiger partial charge in [0.05, 0.1) is 4.90 Å². The summed E-state index contributed by atoms with van der Waals surface area (Å²) in [6, 6.07) is 16.7. The molecule has 1 atom stereocenters. The molecule has 3 aromatic carbocycles. The van der Waals surface area contributed by atoms with Gasteiger partial charge in [0.1, 0.15) is 5.92 Å². The lowest BCUT2D eigenvalue weighted by molar-refractivity contribution is -0.132. The molecule has 1 aliphatic rings. The van der Waals surface area contributed by atoms with Crippen molar-refractivity contribution in [1.82, 2.24) is 4.31 Å². The third kappa shape index (κ3) is 2.93. The maximum absolute atomic E-state index is 12.9. The van der Waals surface area contributed by atoms with Crippen molar-refractivity contribution < 1.29 is 18.0 Å². The van der Waals surface area contributed by atoms with Gasteiger partial charge in [-0.25, -0.2) is 12.7 Å². The Labute approximate surface area is 166 Å². The summed E-state index contributed by atoms with van der Waals surface area (Å²) in [5.41, 5.74) is 0.633. The molecule has 1 heterocycles. The van der Waals surface area contributed by atoms with Crippen LogP contribution >= 0.6 is 11.6 Å². The number of amides is 2. The van der Waals surface area contributed by atoms with Crippen LogP contribution in [0.5, 0.6) is 0 Å². The minimum absolute atomic E-state index is 0.0374. The summed E-state index contributed by atoms with van der Waals surface area (Å²) in [6.45, 7) is 0. The van der Waals surface area contributed by atoms with Gasteiger partial charge in [-0.15, -0.1) is 0 Å². The largest absolute Gasteiger partial charge is 0.325 e. The van der Waals surface area contributed by atoms with E-state index in [2.05, 4.69) is 5.32 Å². The minimum Gasteiger partial charge on any atom is -0.325 e. The Balaban J connectivity index is 1.85. The van der Waals surface area contributed by atoms with Gasteiger partial charge in [-0.05, 0) is 52.7 Å². The second kappa shape index (κ2) is 6.61. The molecule has 0 spiro atoms. The normalized spacial score (nSPS) is 18.0. The summed E-state index contributed by atoms with van der Waals surface area (Å²) in [6.07, 6.45) is 0. The highest BCUT2D eigenvalue weighted by atomic mass is 35.5. The molecule has 0 saturated carbocycles. The summed E-state index contributed by atoms with van der Waals surface area (Å²) in [5.74, 6) is -2.68. The molecule has 6 nitrogen and oxygen atoms in total. The van der Waals surface area contributed by atoms with Crippen LogP contribution in [0.15, 0.2) is 65.6 Å². The highest BCUT2D eigenvalue weighted by Crippen LogP contribution is 2.37. The number of carbonyl (C=O) groups is 2. The molecule has 0 bridgehead atoms. The fourth-order valence-corrected chi connectivity index (χ4v) is 4.78. The predicted molar refractivity (Wildman–Crippen MR) is 107 cm³/mol. The standard InChI is InChI=1S/C20H15ClN2O4S/c1-23-20(25)18(19(24)22-15-8-6-14(21)7-9-15)16-10-12-4-2-3-5-13(12)11-17(16)28(23,26)27/h2-11,18H,1H3,(H,22,24). The van der Waals surface area contributed by atoms with Gasteiger partial charge in [0.2, 0.25) is 5.91 Å². The van der Waals surface area contributed by atoms with Crippen molar-refractivity contribution in [3.05, 3.63) is 71.2 Å². The maximum atomic E-state index is 12.9. The van der Waals surface area contributed by atoms with E-state index in [1.807, 2.05) is 6.07 Å². The van der Waals surface area contributed by atoms with Crippen LogP contribution in [0.25, 0.3) is 10.8 Å². The Morgan fingerprint density at radius 1 is 1.04 bits per heavy atom. The van der Waals surface area contributed by atoms with Crippen LogP contribution in [-0.4, -0.2) is 31.6 Å². The van der Waals surface area contributed by atoms with Crippen molar-refractivity contribution in [3.63, 3.8) is 0 Å². The molecular weight excluding hydrogens is 400 g/mol. The van der Waals surface area contributed by atoms with Crippen LogP contribution in [0.3, 0.4) is 0 Å². The van der Waals surface area contributed by atoms with Crippen LogP contribution in [0, 0.1) is 0 Å². The third-order valence-corrected chi connectivity index (χ3v) is 6.82. The van der Waals surface area contributed by atoms with Crippen molar-refractivity contribution in [3.8, 4) is 0 Å². The van der Waals surface area contributed by atoms with E-state index >= 15 is 0 Å². The molecule has 0 saturated heterocycles. The number of carbonyl (C=O) groups excluding carboxylic acids is 2. The van der Waals surface area contributed by atoms with E-state index in [1.54, 1.807) is 48.5 Å². The SMILES string of the molecule is CN1C(=O)C(C(=O)Nc2ccc(Cl)cc2)c2cc3ccccc3cc2S1(=O)=O. The number of anilines is 1.